The maximum Gasteiger partial charge on any atom is 0.231 e. The minimum Gasteiger partial charge on any atom is -0.454 e. The van der Waals surface area contributed by atoms with Gasteiger partial charge in [-0.25, -0.2) is 0 Å². The molecule has 0 N–H and O–H groups in total. The lowest BCUT2D eigenvalue weighted by molar-refractivity contribution is -0.139. The van der Waals surface area contributed by atoms with E-state index in [4.69, 9.17) is 30.9 Å². The van der Waals surface area contributed by atoms with Crippen LogP contribution in [0.1, 0.15) is 32.0 Å². The van der Waals surface area contributed by atoms with Crippen molar-refractivity contribution in [2.24, 2.45) is 0 Å². The largest absolute Gasteiger partial charge is 0.454 e. The highest BCUT2D eigenvalue weighted by molar-refractivity contribution is 6.31. The summed E-state index contributed by atoms with van der Waals surface area (Å²) in [5.74, 6) is 1.39. The number of hydrogen-bond donors (Lipinski definition) is 0. The lowest BCUT2D eigenvalue weighted by Gasteiger charge is -2.21. The zero-order valence-electron chi connectivity index (χ0n) is 17.1. The first-order valence-electron chi connectivity index (χ1n) is 9.68. The highest BCUT2D eigenvalue weighted by atomic mass is 35.5. The molecule has 0 atom stereocenters. The Morgan fingerprint density at radius 2 is 1.93 bits per heavy atom. The smallest absolute Gasteiger partial charge is 0.231 e. The molecule has 1 aliphatic heterocycles. The maximum absolute atomic E-state index is 11.8. The number of nitrogens with zero attached hydrogens (tertiary/aromatic N) is 2. The van der Waals surface area contributed by atoms with E-state index in [1.807, 2.05) is 53.2 Å². The molecule has 30 heavy (non-hydrogen) atoms. The van der Waals surface area contributed by atoms with E-state index in [1.54, 1.807) is 13.8 Å². The quantitative estimate of drug-likeness (QED) is 0.539. The molecule has 0 radical (unpaired) electrons. The molecule has 0 amide bonds. The van der Waals surface area contributed by atoms with Crippen LogP contribution in [0.15, 0.2) is 48.5 Å². The van der Waals surface area contributed by atoms with Gasteiger partial charge in [-0.2, -0.15) is 5.10 Å². The molecule has 0 saturated carbocycles. The van der Waals surface area contributed by atoms with Gasteiger partial charge in [0.25, 0.3) is 0 Å². The molecule has 0 spiro atoms. The highest BCUT2D eigenvalue weighted by Crippen LogP contribution is 2.36. The van der Waals surface area contributed by atoms with Crippen LogP contribution >= 0.6 is 11.6 Å². The molecule has 1 aromatic heterocycles. The summed E-state index contributed by atoms with van der Waals surface area (Å²) in [5.41, 5.74) is 2.65. The number of hydrogen-bond acceptors (Lipinski definition) is 5. The zero-order valence-corrected chi connectivity index (χ0v) is 17.9. The Morgan fingerprint density at radius 1 is 1.17 bits per heavy atom. The second-order valence-electron chi connectivity index (χ2n) is 7.69. The Hall–Kier alpha value is -2.83. The summed E-state index contributed by atoms with van der Waals surface area (Å²) >= 11 is 6.37. The van der Waals surface area contributed by atoms with Crippen LogP contribution in [-0.4, -0.2) is 28.0 Å². The van der Waals surface area contributed by atoms with Crippen molar-refractivity contribution in [3.8, 4) is 22.8 Å². The second-order valence-corrected chi connectivity index (χ2v) is 8.10. The van der Waals surface area contributed by atoms with E-state index < -0.39 is 5.60 Å². The molecule has 7 heteroatoms. The van der Waals surface area contributed by atoms with Gasteiger partial charge in [0.05, 0.1) is 24.5 Å². The van der Waals surface area contributed by atoms with Crippen LogP contribution in [0.3, 0.4) is 0 Å². The number of halogens is 1. The number of rotatable bonds is 7. The van der Waals surface area contributed by atoms with Crippen molar-refractivity contribution in [1.82, 2.24) is 9.78 Å². The Bertz CT molecular complexity index is 1090. The van der Waals surface area contributed by atoms with Gasteiger partial charge in [-0.1, -0.05) is 29.8 Å². The predicted octanol–water partition coefficient (Wildman–Crippen LogP) is 4.86. The summed E-state index contributed by atoms with van der Waals surface area (Å²) in [6.07, 6.45) is 0. The van der Waals surface area contributed by atoms with Crippen molar-refractivity contribution < 1.29 is 19.0 Å². The number of carbonyl (C=O) groups is 1. The third-order valence-electron chi connectivity index (χ3n) is 5.21. The van der Waals surface area contributed by atoms with Crippen molar-refractivity contribution in [3.05, 3.63) is 64.8 Å². The van der Waals surface area contributed by atoms with E-state index >= 15 is 0 Å². The zero-order chi connectivity index (χ0) is 21.3. The molecule has 0 aliphatic carbocycles. The van der Waals surface area contributed by atoms with Crippen LogP contribution < -0.4 is 9.47 Å². The van der Waals surface area contributed by atoms with Crippen molar-refractivity contribution in [3.63, 3.8) is 0 Å². The molecule has 1 aliphatic rings. The standard InChI is InChI=1S/C23H23ClN2O4/c1-15(27)23(2,3)30-13-18-11-20(16-8-9-21-22(10-16)29-14-28-21)26(25-18)12-17-6-4-5-7-19(17)24/h4-11H,12-14H2,1-3H3. The van der Waals surface area contributed by atoms with E-state index in [-0.39, 0.29) is 19.2 Å². The number of carbonyl (C=O) groups excluding carboxylic acids is 1. The Balaban J connectivity index is 1.68. The van der Waals surface area contributed by atoms with Gasteiger partial charge < -0.3 is 14.2 Å². The van der Waals surface area contributed by atoms with Crippen molar-refractivity contribution in [1.29, 1.82) is 0 Å². The lowest BCUT2D eigenvalue weighted by atomic mass is 10.1. The number of ketones is 1. The fourth-order valence-electron chi connectivity index (χ4n) is 3.09. The number of fused-ring (bicyclic) bond motifs is 1. The summed E-state index contributed by atoms with van der Waals surface area (Å²) < 4.78 is 18.7. The Morgan fingerprint density at radius 3 is 2.70 bits per heavy atom. The molecule has 2 heterocycles. The summed E-state index contributed by atoms with van der Waals surface area (Å²) in [6, 6.07) is 15.4. The van der Waals surface area contributed by atoms with Gasteiger partial charge >= 0.3 is 0 Å². The van der Waals surface area contributed by atoms with Gasteiger partial charge in [0.15, 0.2) is 17.3 Å². The van der Waals surface area contributed by atoms with Crippen LogP contribution in [-0.2, 0) is 22.7 Å². The first-order chi connectivity index (χ1) is 14.3. The molecule has 3 aromatic rings. The van der Waals surface area contributed by atoms with Crippen LogP contribution in [0, 0.1) is 0 Å². The molecule has 4 rings (SSSR count). The van der Waals surface area contributed by atoms with Crippen molar-refractivity contribution in [2.75, 3.05) is 6.79 Å². The predicted molar refractivity (Wildman–Crippen MR) is 114 cm³/mol. The molecule has 0 fully saturated rings. The topological polar surface area (TPSA) is 62.6 Å². The van der Waals surface area contributed by atoms with Gasteiger partial charge in [0, 0.05) is 10.6 Å². The molecule has 0 bridgehead atoms. The maximum atomic E-state index is 11.8. The van der Waals surface area contributed by atoms with Crippen molar-refractivity contribution in [2.45, 2.75) is 39.5 Å². The van der Waals surface area contributed by atoms with E-state index in [0.29, 0.717) is 17.3 Å². The van der Waals surface area contributed by atoms with E-state index in [9.17, 15) is 4.79 Å². The third kappa shape index (κ3) is 4.20. The van der Waals surface area contributed by atoms with Crippen LogP contribution in [0.2, 0.25) is 5.02 Å². The number of ether oxygens (including phenoxy) is 3. The first-order valence-corrected chi connectivity index (χ1v) is 10.1. The van der Waals surface area contributed by atoms with Crippen LogP contribution in [0.4, 0.5) is 0 Å². The van der Waals surface area contributed by atoms with E-state index in [1.165, 1.54) is 6.92 Å². The summed E-state index contributed by atoms with van der Waals surface area (Å²) in [5, 5.41) is 5.41. The number of aromatic nitrogens is 2. The van der Waals surface area contributed by atoms with Crippen LogP contribution in [0.5, 0.6) is 11.5 Å². The lowest BCUT2D eigenvalue weighted by Crippen LogP contribution is -2.32. The average molecular weight is 427 g/mol. The monoisotopic (exact) mass is 426 g/mol. The van der Waals surface area contributed by atoms with Crippen LogP contribution in [0.25, 0.3) is 11.3 Å². The van der Waals surface area contributed by atoms with Gasteiger partial charge in [-0.05, 0) is 56.7 Å². The minimum absolute atomic E-state index is 0.0333. The molecular formula is C23H23ClN2O4. The minimum atomic E-state index is -0.870. The third-order valence-corrected chi connectivity index (χ3v) is 5.57. The molecule has 2 aromatic carbocycles. The van der Waals surface area contributed by atoms with Gasteiger partial charge in [-0.3, -0.25) is 9.48 Å². The van der Waals surface area contributed by atoms with Gasteiger partial charge in [0.1, 0.15) is 5.60 Å². The first kappa shape index (κ1) is 20.4. The number of Topliss-reactive ketones (excluding diaryl/α,β-unsaturated/α-hetero) is 1. The fraction of sp³-hybridized carbons (Fsp3) is 0.304. The second kappa shape index (κ2) is 8.13. The fourth-order valence-corrected chi connectivity index (χ4v) is 3.29. The van der Waals surface area contributed by atoms with E-state index in [0.717, 1.165) is 28.3 Å². The highest BCUT2D eigenvalue weighted by Gasteiger charge is 2.25. The molecule has 0 saturated heterocycles. The Labute approximate surface area is 180 Å². The SMILES string of the molecule is CC(=O)C(C)(C)OCc1cc(-c2ccc3c(c2)OCO3)n(Cc2ccccc2Cl)n1. The van der Waals surface area contributed by atoms with Gasteiger partial charge in [-0.15, -0.1) is 0 Å². The van der Waals surface area contributed by atoms with Gasteiger partial charge in [0.2, 0.25) is 6.79 Å². The summed E-state index contributed by atoms with van der Waals surface area (Å²) in [4.78, 5) is 11.8. The summed E-state index contributed by atoms with van der Waals surface area (Å²) in [7, 11) is 0. The molecule has 0 unspecified atom stereocenters. The molecule has 156 valence electrons. The molecule has 6 nitrogen and oxygen atoms in total. The van der Waals surface area contributed by atoms with Crippen molar-refractivity contribution >= 4 is 17.4 Å². The number of benzene rings is 2. The normalized spacial score (nSPS) is 12.9. The summed E-state index contributed by atoms with van der Waals surface area (Å²) in [6.45, 7) is 5.98. The van der Waals surface area contributed by atoms with E-state index in [2.05, 4.69) is 0 Å². The average Bonchev–Trinajstić information content (AvgIpc) is 3.34. The Kier molecular flexibility index (Phi) is 5.54. The molecular weight excluding hydrogens is 404 g/mol.